The molecule has 2 rings (SSSR count). The highest BCUT2D eigenvalue weighted by atomic mass is 16.5. The molecule has 0 aliphatic rings. The summed E-state index contributed by atoms with van der Waals surface area (Å²) in [5.41, 5.74) is 1.51. The number of nitrogens with one attached hydrogen (secondary N) is 1. The van der Waals surface area contributed by atoms with E-state index in [9.17, 15) is 4.79 Å². The lowest BCUT2D eigenvalue weighted by atomic mass is 10.3. The summed E-state index contributed by atoms with van der Waals surface area (Å²) in [5.74, 6) is 0.867. The van der Waals surface area contributed by atoms with Crippen molar-refractivity contribution >= 4 is 0 Å². The number of rotatable bonds is 7. The van der Waals surface area contributed by atoms with E-state index in [1.165, 1.54) is 0 Å². The molecule has 118 valence electrons. The van der Waals surface area contributed by atoms with Crippen molar-refractivity contribution in [3.63, 3.8) is 0 Å². The van der Waals surface area contributed by atoms with Gasteiger partial charge in [-0.1, -0.05) is 18.2 Å². The molecule has 5 nitrogen and oxygen atoms in total. The quantitative estimate of drug-likeness (QED) is 0.849. The van der Waals surface area contributed by atoms with Crippen molar-refractivity contribution in [2.45, 2.75) is 33.4 Å². The predicted molar refractivity (Wildman–Crippen MR) is 87.4 cm³/mol. The van der Waals surface area contributed by atoms with Crippen molar-refractivity contribution < 1.29 is 4.74 Å². The summed E-state index contributed by atoms with van der Waals surface area (Å²) < 4.78 is 7.38. The molecule has 0 radical (unpaired) electrons. The van der Waals surface area contributed by atoms with Crippen LogP contribution in [0, 0.1) is 13.8 Å². The van der Waals surface area contributed by atoms with Gasteiger partial charge in [0.1, 0.15) is 12.4 Å². The zero-order valence-corrected chi connectivity index (χ0v) is 13.4. The maximum atomic E-state index is 11.8. The van der Waals surface area contributed by atoms with Gasteiger partial charge in [-0.3, -0.25) is 4.57 Å². The maximum Gasteiger partial charge on any atom is 0.347 e. The third-order valence-corrected chi connectivity index (χ3v) is 3.42. The van der Waals surface area contributed by atoms with Crippen molar-refractivity contribution in [2.24, 2.45) is 0 Å². The van der Waals surface area contributed by atoms with E-state index in [4.69, 9.17) is 4.74 Å². The van der Waals surface area contributed by atoms with Crippen LogP contribution in [-0.2, 0) is 6.54 Å². The largest absolute Gasteiger partial charge is 0.492 e. The Morgan fingerprint density at radius 2 is 2.00 bits per heavy atom. The van der Waals surface area contributed by atoms with Crippen LogP contribution in [0.25, 0.3) is 0 Å². The van der Waals surface area contributed by atoms with Crippen molar-refractivity contribution in [1.29, 1.82) is 0 Å². The molecule has 5 heteroatoms. The van der Waals surface area contributed by atoms with Gasteiger partial charge >= 0.3 is 5.69 Å². The summed E-state index contributed by atoms with van der Waals surface area (Å²) in [6.07, 6.45) is 0. The van der Waals surface area contributed by atoms with Crippen LogP contribution in [0.3, 0.4) is 0 Å². The maximum absolute atomic E-state index is 11.8. The predicted octanol–water partition coefficient (Wildman–Crippen LogP) is 1.92. The Balaban J connectivity index is 1.78. The number of aryl methyl sites for hydroxylation is 2. The van der Waals surface area contributed by atoms with Gasteiger partial charge in [-0.05, 0) is 39.0 Å². The van der Waals surface area contributed by atoms with Crippen LogP contribution in [-0.4, -0.2) is 28.7 Å². The van der Waals surface area contributed by atoms with Crippen LogP contribution in [0.5, 0.6) is 5.75 Å². The van der Waals surface area contributed by atoms with Crippen LogP contribution in [0.4, 0.5) is 0 Å². The van der Waals surface area contributed by atoms with Gasteiger partial charge in [0.05, 0.1) is 0 Å². The number of hydrogen-bond donors (Lipinski definition) is 1. The van der Waals surface area contributed by atoms with Crippen LogP contribution >= 0.6 is 0 Å². The third kappa shape index (κ3) is 4.70. The second-order valence-electron chi connectivity index (χ2n) is 5.45. The second-order valence-corrected chi connectivity index (χ2v) is 5.45. The van der Waals surface area contributed by atoms with Crippen molar-refractivity contribution in [3.05, 3.63) is 58.3 Å². The number of hydrogen-bond acceptors (Lipinski definition) is 4. The molecular weight excluding hydrogens is 278 g/mol. The lowest BCUT2D eigenvalue weighted by Gasteiger charge is -2.16. The van der Waals surface area contributed by atoms with Crippen molar-refractivity contribution in [1.82, 2.24) is 14.9 Å². The molecule has 0 aliphatic heterocycles. The topological polar surface area (TPSA) is 56.2 Å². The summed E-state index contributed by atoms with van der Waals surface area (Å²) in [5, 5.41) is 3.36. The Bertz CT molecular complexity index is 653. The number of para-hydroxylation sites is 1. The highest BCUT2D eigenvalue weighted by Crippen LogP contribution is 2.08. The van der Waals surface area contributed by atoms with Gasteiger partial charge in [0.15, 0.2) is 0 Å². The van der Waals surface area contributed by atoms with Crippen molar-refractivity contribution in [2.75, 3.05) is 13.2 Å². The van der Waals surface area contributed by atoms with Crippen LogP contribution in [0.2, 0.25) is 0 Å². The Morgan fingerprint density at radius 3 is 2.68 bits per heavy atom. The molecule has 0 bridgehead atoms. The van der Waals surface area contributed by atoms with E-state index in [2.05, 4.69) is 17.2 Å². The zero-order chi connectivity index (χ0) is 15.9. The van der Waals surface area contributed by atoms with E-state index in [-0.39, 0.29) is 11.7 Å². The first kappa shape index (κ1) is 16.2. The minimum Gasteiger partial charge on any atom is -0.492 e. The molecule has 0 aliphatic carbocycles. The summed E-state index contributed by atoms with van der Waals surface area (Å²) >= 11 is 0. The van der Waals surface area contributed by atoms with Crippen molar-refractivity contribution in [3.8, 4) is 5.75 Å². The fourth-order valence-electron chi connectivity index (χ4n) is 2.27. The monoisotopic (exact) mass is 301 g/mol. The molecule has 0 amide bonds. The summed E-state index contributed by atoms with van der Waals surface area (Å²) in [4.78, 5) is 15.8. The number of ether oxygens (including phenoxy) is 1. The summed E-state index contributed by atoms with van der Waals surface area (Å²) in [7, 11) is 0. The molecule has 1 heterocycles. The fourth-order valence-corrected chi connectivity index (χ4v) is 2.27. The van der Waals surface area contributed by atoms with Gasteiger partial charge < -0.3 is 10.1 Å². The van der Waals surface area contributed by atoms with Crippen LogP contribution in [0.1, 0.15) is 18.3 Å². The summed E-state index contributed by atoms with van der Waals surface area (Å²) in [6.45, 7) is 7.71. The second kappa shape index (κ2) is 7.75. The van der Waals surface area contributed by atoms with Gasteiger partial charge in [0.2, 0.25) is 0 Å². The third-order valence-electron chi connectivity index (χ3n) is 3.42. The molecule has 2 aromatic rings. The minimum atomic E-state index is -0.188. The molecule has 0 fully saturated rings. The Labute approximate surface area is 131 Å². The average molecular weight is 301 g/mol. The van der Waals surface area contributed by atoms with Crippen LogP contribution in [0.15, 0.2) is 41.2 Å². The Morgan fingerprint density at radius 1 is 1.27 bits per heavy atom. The van der Waals surface area contributed by atoms with Gasteiger partial charge in [-0.15, -0.1) is 0 Å². The number of aromatic nitrogens is 2. The normalized spacial score (nSPS) is 12.1. The smallest absolute Gasteiger partial charge is 0.347 e. The highest BCUT2D eigenvalue weighted by Gasteiger charge is 2.05. The molecule has 1 aromatic carbocycles. The summed E-state index contributed by atoms with van der Waals surface area (Å²) in [6, 6.07) is 11.9. The number of nitrogens with zero attached hydrogens (tertiary/aromatic N) is 2. The van der Waals surface area contributed by atoms with E-state index < -0.39 is 0 Å². The SMILES string of the molecule is Cc1cc(C)n(CCNC(C)COc2ccccc2)c(=O)n1. The molecule has 0 spiro atoms. The molecular formula is C17H23N3O2. The Kier molecular flexibility index (Phi) is 5.72. The first-order chi connectivity index (χ1) is 10.6. The highest BCUT2D eigenvalue weighted by molar-refractivity contribution is 5.20. The molecule has 1 unspecified atom stereocenters. The Hall–Kier alpha value is -2.14. The van der Waals surface area contributed by atoms with Crippen LogP contribution < -0.4 is 15.7 Å². The average Bonchev–Trinajstić information content (AvgIpc) is 2.49. The zero-order valence-electron chi connectivity index (χ0n) is 13.4. The van der Waals surface area contributed by atoms with Gasteiger partial charge in [-0.25, -0.2) is 4.79 Å². The van der Waals surface area contributed by atoms with E-state index in [1.54, 1.807) is 4.57 Å². The fraction of sp³-hybridized carbons (Fsp3) is 0.412. The molecule has 1 aromatic heterocycles. The van der Waals surface area contributed by atoms with E-state index in [0.29, 0.717) is 19.7 Å². The molecule has 0 saturated heterocycles. The molecule has 0 saturated carbocycles. The van der Waals surface area contributed by atoms with Gasteiger partial charge in [-0.2, -0.15) is 4.98 Å². The standard InChI is InChI=1S/C17H23N3O2/c1-13-11-15(3)20(17(21)19-13)10-9-18-14(2)12-22-16-7-5-4-6-8-16/h4-8,11,14,18H,9-10,12H2,1-3H3. The minimum absolute atomic E-state index is 0.188. The lowest BCUT2D eigenvalue weighted by Crippen LogP contribution is -2.36. The first-order valence-corrected chi connectivity index (χ1v) is 7.52. The van der Waals surface area contributed by atoms with E-state index in [0.717, 1.165) is 17.1 Å². The molecule has 22 heavy (non-hydrogen) atoms. The van der Waals surface area contributed by atoms with E-state index >= 15 is 0 Å². The number of benzene rings is 1. The lowest BCUT2D eigenvalue weighted by molar-refractivity contribution is 0.272. The van der Waals surface area contributed by atoms with Gasteiger partial charge in [0.25, 0.3) is 0 Å². The molecule has 1 atom stereocenters. The molecule has 1 N–H and O–H groups in total. The van der Waals surface area contributed by atoms with E-state index in [1.807, 2.05) is 50.2 Å². The van der Waals surface area contributed by atoms with Gasteiger partial charge in [0, 0.05) is 30.5 Å². The first-order valence-electron chi connectivity index (χ1n) is 7.52.